The number of rotatable bonds is 4. The van der Waals surface area contributed by atoms with Crippen molar-refractivity contribution in [2.24, 2.45) is 11.7 Å². The molecule has 0 bridgehead atoms. The Balaban J connectivity index is 3.16. The molecule has 5 nitrogen and oxygen atoms in total. The van der Waals surface area contributed by atoms with Crippen LogP contribution in [0.5, 0.6) is 0 Å². The monoisotopic (exact) mass is 252 g/mol. The van der Waals surface area contributed by atoms with Gasteiger partial charge in [0.05, 0.1) is 11.3 Å². The Morgan fingerprint density at radius 3 is 2.47 bits per heavy atom. The lowest BCUT2D eigenvalue weighted by Gasteiger charge is -2.18. The van der Waals surface area contributed by atoms with Crippen molar-refractivity contribution in [1.29, 1.82) is 5.26 Å². The van der Waals surface area contributed by atoms with Gasteiger partial charge in [-0.1, -0.05) is 13.8 Å². The minimum Gasteiger partial charge on any atom is -0.396 e. The molecule has 1 heterocycles. The van der Waals surface area contributed by atoms with Gasteiger partial charge >= 0.3 is 0 Å². The number of hydrogen-bond donors (Lipinski definition) is 3. The van der Waals surface area contributed by atoms with Crippen LogP contribution in [0.2, 0.25) is 0 Å². The summed E-state index contributed by atoms with van der Waals surface area (Å²) in [5.74, 6) is -0.219. The number of anilines is 2. The third kappa shape index (κ3) is 2.68. The normalized spacial score (nSPS) is 12.2. The number of thiophene rings is 1. The molecule has 1 aromatic heterocycles. The Hall–Kier alpha value is -1.74. The highest BCUT2D eigenvalue weighted by Gasteiger charge is 2.21. The van der Waals surface area contributed by atoms with Gasteiger partial charge in [0, 0.05) is 6.04 Å². The van der Waals surface area contributed by atoms with Gasteiger partial charge in [-0.15, -0.1) is 11.3 Å². The average molecular weight is 252 g/mol. The van der Waals surface area contributed by atoms with Crippen molar-refractivity contribution in [3.63, 3.8) is 0 Å². The SMILES string of the molecule is CC(C)C(C)Nc1sc(C#N)c(N)c1C(N)=O. The third-order valence-electron chi connectivity index (χ3n) is 2.65. The Labute approximate surface area is 104 Å². The molecule has 92 valence electrons. The molecule has 0 aliphatic heterocycles. The van der Waals surface area contributed by atoms with Gasteiger partial charge in [-0.05, 0) is 12.8 Å². The first-order chi connectivity index (χ1) is 7.88. The van der Waals surface area contributed by atoms with Crippen LogP contribution < -0.4 is 16.8 Å². The van der Waals surface area contributed by atoms with Crippen LogP contribution in [0.1, 0.15) is 36.0 Å². The van der Waals surface area contributed by atoms with Gasteiger partial charge in [0.2, 0.25) is 0 Å². The Morgan fingerprint density at radius 1 is 1.47 bits per heavy atom. The lowest BCUT2D eigenvalue weighted by molar-refractivity contribution is 0.100. The van der Waals surface area contributed by atoms with Crippen LogP contribution in [-0.2, 0) is 0 Å². The van der Waals surface area contributed by atoms with Crippen LogP contribution in [0.3, 0.4) is 0 Å². The van der Waals surface area contributed by atoms with Crippen molar-refractivity contribution in [3.05, 3.63) is 10.4 Å². The number of nitriles is 1. The maximum atomic E-state index is 11.3. The Kier molecular flexibility index (Phi) is 3.97. The number of hydrogen-bond acceptors (Lipinski definition) is 5. The molecule has 5 N–H and O–H groups in total. The van der Waals surface area contributed by atoms with Gasteiger partial charge in [-0.2, -0.15) is 5.26 Å². The fourth-order valence-corrected chi connectivity index (χ4v) is 2.27. The average Bonchev–Trinajstić information content (AvgIpc) is 2.54. The second-order valence-corrected chi connectivity index (χ2v) is 5.22. The number of primary amides is 1. The van der Waals surface area contributed by atoms with Crippen LogP contribution >= 0.6 is 11.3 Å². The fourth-order valence-electron chi connectivity index (χ4n) is 1.25. The second kappa shape index (κ2) is 5.06. The van der Waals surface area contributed by atoms with Crippen LogP contribution in [0.4, 0.5) is 10.7 Å². The molecule has 0 aliphatic rings. The molecule has 1 unspecified atom stereocenters. The number of nitrogens with two attached hydrogens (primary N) is 2. The molecule has 1 rings (SSSR count). The highest BCUT2D eigenvalue weighted by molar-refractivity contribution is 7.17. The maximum absolute atomic E-state index is 11.3. The zero-order valence-electron chi connectivity index (χ0n) is 10.1. The minimum absolute atomic E-state index is 0.165. The predicted octanol–water partition coefficient (Wildman–Crippen LogP) is 1.76. The molecule has 1 amide bonds. The molecule has 0 radical (unpaired) electrons. The molecule has 0 spiro atoms. The number of carbonyl (C=O) groups is 1. The van der Waals surface area contributed by atoms with Crippen LogP contribution in [-0.4, -0.2) is 11.9 Å². The highest BCUT2D eigenvalue weighted by Crippen LogP contribution is 2.35. The topological polar surface area (TPSA) is 105 Å². The van der Waals surface area contributed by atoms with Crippen molar-refractivity contribution < 1.29 is 4.79 Å². The highest BCUT2D eigenvalue weighted by atomic mass is 32.1. The summed E-state index contributed by atoms with van der Waals surface area (Å²) in [5.41, 5.74) is 11.4. The summed E-state index contributed by atoms with van der Waals surface area (Å²) in [7, 11) is 0. The summed E-state index contributed by atoms with van der Waals surface area (Å²) >= 11 is 1.16. The van der Waals surface area contributed by atoms with Crippen molar-refractivity contribution in [2.75, 3.05) is 11.1 Å². The van der Waals surface area contributed by atoms with E-state index in [-0.39, 0.29) is 17.3 Å². The second-order valence-electron chi connectivity index (χ2n) is 4.20. The van der Waals surface area contributed by atoms with E-state index in [1.54, 1.807) is 0 Å². The minimum atomic E-state index is -0.612. The van der Waals surface area contributed by atoms with Gasteiger partial charge in [0.1, 0.15) is 15.9 Å². The summed E-state index contributed by atoms with van der Waals surface area (Å²) in [5, 5.41) is 12.6. The van der Waals surface area contributed by atoms with E-state index in [0.717, 1.165) is 11.3 Å². The quantitative estimate of drug-likeness (QED) is 0.759. The van der Waals surface area contributed by atoms with Crippen LogP contribution in [0.15, 0.2) is 0 Å². The van der Waals surface area contributed by atoms with Crippen molar-refractivity contribution in [1.82, 2.24) is 0 Å². The first-order valence-corrected chi connectivity index (χ1v) is 6.08. The van der Waals surface area contributed by atoms with Gasteiger partial charge in [-0.3, -0.25) is 4.79 Å². The summed E-state index contributed by atoms with van der Waals surface area (Å²) in [4.78, 5) is 11.6. The molecule has 17 heavy (non-hydrogen) atoms. The van der Waals surface area contributed by atoms with Crippen molar-refractivity contribution in [2.45, 2.75) is 26.8 Å². The van der Waals surface area contributed by atoms with E-state index in [1.807, 2.05) is 13.0 Å². The van der Waals surface area contributed by atoms with Crippen LogP contribution in [0.25, 0.3) is 0 Å². The molecular formula is C11H16N4OS. The standard InChI is InChI=1S/C11H16N4OS/c1-5(2)6(3)15-11-8(10(14)16)9(13)7(4-12)17-11/h5-6,15H,13H2,1-3H3,(H2,14,16). The molecule has 0 fully saturated rings. The lowest BCUT2D eigenvalue weighted by atomic mass is 10.1. The molecular weight excluding hydrogens is 236 g/mol. The molecule has 0 saturated carbocycles. The summed E-state index contributed by atoms with van der Waals surface area (Å²) in [6, 6.07) is 2.12. The molecule has 1 atom stereocenters. The van der Waals surface area contributed by atoms with Crippen molar-refractivity contribution in [3.8, 4) is 6.07 Å². The third-order valence-corrected chi connectivity index (χ3v) is 3.69. The molecule has 6 heteroatoms. The molecule has 0 aromatic carbocycles. The van der Waals surface area contributed by atoms with E-state index >= 15 is 0 Å². The zero-order chi connectivity index (χ0) is 13.2. The lowest BCUT2D eigenvalue weighted by Crippen LogP contribution is -2.23. The fraction of sp³-hybridized carbons (Fsp3) is 0.455. The van der Waals surface area contributed by atoms with Gasteiger partial charge in [-0.25, -0.2) is 0 Å². The summed E-state index contributed by atoms with van der Waals surface area (Å²) in [6.45, 7) is 6.12. The van der Waals surface area contributed by atoms with E-state index in [2.05, 4.69) is 19.2 Å². The first-order valence-electron chi connectivity index (χ1n) is 5.27. The molecule has 1 aromatic rings. The largest absolute Gasteiger partial charge is 0.396 e. The summed E-state index contributed by atoms with van der Waals surface area (Å²) < 4.78 is 0. The smallest absolute Gasteiger partial charge is 0.253 e. The number of nitrogens with zero attached hydrogens (tertiary/aromatic N) is 1. The number of nitrogens with one attached hydrogen (secondary N) is 1. The number of carbonyl (C=O) groups excluding carboxylic acids is 1. The number of nitrogen functional groups attached to an aromatic ring is 1. The van der Waals surface area contributed by atoms with E-state index in [9.17, 15) is 4.79 Å². The Bertz CT molecular complexity index is 473. The Morgan fingerprint density at radius 2 is 2.06 bits per heavy atom. The van der Waals surface area contributed by atoms with Crippen LogP contribution in [0, 0.1) is 17.2 Å². The zero-order valence-corrected chi connectivity index (χ0v) is 10.9. The van der Waals surface area contributed by atoms with Gasteiger partial charge < -0.3 is 16.8 Å². The number of amides is 1. The predicted molar refractivity (Wildman–Crippen MR) is 69.9 cm³/mol. The first kappa shape index (κ1) is 13.3. The van der Waals surface area contributed by atoms with Gasteiger partial charge in [0.25, 0.3) is 5.91 Å². The summed E-state index contributed by atoms with van der Waals surface area (Å²) in [6.07, 6.45) is 0. The van der Waals surface area contributed by atoms with E-state index in [4.69, 9.17) is 16.7 Å². The van der Waals surface area contributed by atoms with Crippen molar-refractivity contribution >= 4 is 27.9 Å². The van der Waals surface area contributed by atoms with E-state index in [1.165, 1.54) is 0 Å². The van der Waals surface area contributed by atoms with E-state index in [0.29, 0.717) is 15.8 Å². The maximum Gasteiger partial charge on any atom is 0.253 e. The van der Waals surface area contributed by atoms with Gasteiger partial charge in [0.15, 0.2) is 0 Å². The molecule has 0 aliphatic carbocycles. The molecule has 0 saturated heterocycles. The van der Waals surface area contributed by atoms with E-state index < -0.39 is 5.91 Å².